The smallest absolute Gasteiger partial charge is 0.316 e. The lowest BCUT2D eigenvalue weighted by Crippen LogP contribution is -2.11. The third kappa shape index (κ3) is 3.83. The molecule has 4 heteroatoms. The lowest BCUT2D eigenvalue weighted by Gasteiger charge is -2.06. The van der Waals surface area contributed by atoms with Crippen molar-refractivity contribution in [1.29, 1.82) is 0 Å². The predicted molar refractivity (Wildman–Crippen MR) is 61.4 cm³/mol. The third-order valence-electron chi connectivity index (χ3n) is 2.01. The maximum atomic E-state index is 10.6. The van der Waals surface area contributed by atoms with Gasteiger partial charge in [-0.1, -0.05) is 12.1 Å². The van der Waals surface area contributed by atoms with E-state index in [4.69, 9.17) is 9.84 Å². The van der Waals surface area contributed by atoms with Gasteiger partial charge in [0.05, 0.1) is 12.4 Å². The number of methoxy groups -OCH3 is 1. The summed E-state index contributed by atoms with van der Waals surface area (Å²) < 4.78 is 5.03. The van der Waals surface area contributed by atoms with E-state index < -0.39 is 5.97 Å². The molecule has 1 atom stereocenters. The van der Waals surface area contributed by atoms with Gasteiger partial charge < -0.3 is 9.84 Å². The Morgan fingerprint density at radius 1 is 1.47 bits per heavy atom. The summed E-state index contributed by atoms with van der Waals surface area (Å²) in [7, 11) is 1.62. The maximum Gasteiger partial charge on any atom is 0.316 e. The van der Waals surface area contributed by atoms with E-state index >= 15 is 0 Å². The fraction of sp³-hybridized carbons (Fsp3) is 0.364. The van der Waals surface area contributed by atoms with Crippen molar-refractivity contribution in [1.82, 2.24) is 0 Å². The molecule has 3 nitrogen and oxygen atoms in total. The van der Waals surface area contributed by atoms with Crippen molar-refractivity contribution in [3.05, 3.63) is 29.8 Å². The van der Waals surface area contributed by atoms with E-state index in [-0.39, 0.29) is 5.25 Å². The molecule has 0 aliphatic rings. The topological polar surface area (TPSA) is 46.5 Å². The number of thioether (sulfide) groups is 1. The fourth-order valence-electron chi connectivity index (χ4n) is 1.01. The first-order valence-corrected chi connectivity index (χ1v) is 5.65. The number of hydrogen-bond donors (Lipinski definition) is 1. The Balaban J connectivity index is 2.47. The molecule has 0 fully saturated rings. The highest BCUT2D eigenvalue weighted by Crippen LogP contribution is 2.19. The van der Waals surface area contributed by atoms with Gasteiger partial charge in [0.25, 0.3) is 0 Å². The molecule has 15 heavy (non-hydrogen) atoms. The highest BCUT2D eigenvalue weighted by Gasteiger charge is 2.10. The lowest BCUT2D eigenvalue weighted by atomic mass is 10.2. The number of benzene rings is 1. The van der Waals surface area contributed by atoms with Crippen LogP contribution in [0.15, 0.2) is 24.3 Å². The first-order valence-electron chi connectivity index (χ1n) is 4.61. The van der Waals surface area contributed by atoms with Crippen molar-refractivity contribution in [2.24, 2.45) is 0 Å². The Morgan fingerprint density at radius 3 is 2.53 bits per heavy atom. The highest BCUT2D eigenvalue weighted by molar-refractivity contribution is 7.99. The minimum Gasteiger partial charge on any atom is -0.497 e. The lowest BCUT2D eigenvalue weighted by molar-refractivity contribution is -0.136. The number of aliphatic carboxylic acids is 1. The molecule has 1 aromatic carbocycles. The number of hydrogen-bond acceptors (Lipinski definition) is 3. The minimum atomic E-state index is -0.770. The second kappa shape index (κ2) is 5.66. The molecule has 0 saturated heterocycles. The summed E-state index contributed by atoms with van der Waals surface area (Å²) in [6.07, 6.45) is 0. The zero-order valence-electron chi connectivity index (χ0n) is 8.77. The molecule has 82 valence electrons. The summed E-state index contributed by atoms with van der Waals surface area (Å²) in [6.45, 7) is 1.69. The minimum absolute atomic E-state index is 0.368. The maximum absolute atomic E-state index is 10.6. The van der Waals surface area contributed by atoms with Crippen LogP contribution in [0.5, 0.6) is 5.75 Å². The summed E-state index contributed by atoms with van der Waals surface area (Å²) in [5.41, 5.74) is 1.11. The molecule has 0 aliphatic heterocycles. The zero-order valence-corrected chi connectivity index (χ0v) is 9.58. The zero-order chi connectivity index (χ0) is 11.3. The molecule has 0 saturated carbocycles. The summed E-state index contributed by atoms with van der Waals surface area (Å²) in [5, 5.41) is 8.33. The van der Waals surface area contributed by atoms with Crippen LogP contribution in [0.25, 0.3) is 0 Å². The first kappa shape index (κ1) is 11.9. The summed E-state index contributed by atoms with van der Waals surface area (Å²) in [5.74, 6) is 0.751. The molecule has 0 bridgehead atoms. The number of ether oxygens (including phenoxy) is 1. The number of carboxylic acid groups (broad SMARTS) is 1. The van der Waals surface area contributed by atoms with E-state index in [1.165, 1.54) is 11.8 Å². The summed E-state index contributed by atoms with van der Waals surface area (Å²) in [4.78, 5) is 10.6. The van der Waals surface area contributed by atoms with Crippen molar-refractivity contribution < 1.29 is 14.6 Å². The predicted octanol–water partition coefficient (Wildman–Crippen LogP) is 2.40. The molecule has 0 aliphatic carbocycles. The molecule has 1 N–H and O–H groups in total. The number of rotatable bonds is 5. The van der Waals surface area contributed by atoms with Gasteiger partial charge in [0.2, 0.25) is 0 Å². The molecule has 0 aromatic heterocycles. The SMILES string of the molecule is COc1ccc(CS[C@@H](C)C(=O)O)cc1. The van der Waals surface area contributed by atoms with Crippen molar-refractivity contribution >= 4 is 17.7 Å². The standard InChI is InChI=1S/C11H14O3S/c1-8(11(12)13)15-7-9-3-5-10(14-2)6-4-9/h3-6,8H,7H2,1-2H3,(H,12,13)/t8-/m0/s1. The van der Waals surface area contributed by atoms with E-state index in [2.05, 4.69) is 0 Å². The second-order valence-corrected chi connectivity index (χ2v) is 4.47. The largest absolute Gasteiger partial charge is 0.497 e. The number of carbonyl (C=O) groups is 1. The van der Waals surface area contributed by atoms with Crippen molar-refractivity contribution in [3.63, 3.8) is 0 Å². The van der Waals surface area contributed by atoms with Gasteiger partial charge in [-0.25, -0.2) is 0 Å². The van der Waals surface area contributed by atoms with Gasteiger partial charge in [-0.3, -0.25) is 4.79 Å². The van der Waals surface area contributed by atoms with Crippen LogP contribution in [-0.2, 0) is 10.5 Å². The molecule has 1 rings (SSSR count). The fourth-order valence-corrected chi connectivity index (χ4v) is 1.79. The van der Waals surface area contributed by atoms with E-state index in [0.717, 1.165) is 11.3 Å². The van der Waals surface area contributed by atoms with E-state index in [0.29, 0.717) is 5.75 Å². The quantitative estimate of drug-likeness (QED) is 0.837. The van der Waals surface area contributed by atoms with Crippen LogP contribution in [0.4, 0.5) is 0 Å². The van der Waals surface area contributed by atoms with Crippen LogP contribution >= 0.6 is 11.8 Å². The van der Waals surface area contributed by atoms with Crippen LogP contribution in [0.2, 0.25) is 0 Å². The van der Waals surface area contributed by atoms with Crippen LogP contribution in [0, 0.1) is 0 Å². The molecular formula is C11H14O3S. The van der Waals surface area contributed by atoms with Gasteiger partial charge in [0.1, 0.15) is 5.75 Å². The van der Waals surface area contributed by atoms with E-state index in [1.54, 1.807) is 14.0 Å². The van der Waals surface area contributed by atoms with Crippen molar-refractivity contribution in [2.45, 2.75) is 17.9 Å². The molecule has 1 aromatic rings. The van der Waals surface area contributed by atoms with Gasteiger partial charge in [-0.05, 0) is 24.6 Å². The Hall–Kier alpha value is -1.16. The van der Waals surface area contributed by atoms with Gasteiger partial charge in [-0.15, -0.1) is 11.8 Å². The molecule has 0 amide bonds. The van der Waals surface area contributed by atoms with E-state index in [1.807, 2.05) is 24.3 Å². The summed E-state index contributed by atoms with van der Waals surface area (Å²) in [6, 6.07) is 7.64. The Kier molecular flexibility index (Phi) is 4.49. The Labute approximate surface area is 93.4 Å². The van der Waals surface area contributed by atoms with Crippen LogP contribution in [-0.4, -0.2) is 23.4 Å². The monoisotopic (exact) mass is 226 g/mol. The van der Waals surface area contributed by atoms with Gasteiger partial charge >= 0.3 is 5.97 Å². The van der Waals surface area contributed by atoms with Gasteiger partial charge in [0, 0.05) is 5.75 Å². The Morgan fingerprint density at radius 2 is 2.07 bits per heavy atom. The van der Waals surface area contributed by atoms with Crippen LogP contribution < -0.4 is 4.74 Å². The Bertz CT molecular complexity index is 321. The van der Waals surface area contributed by atoms with E-state index in [9.17, 15) is 4.79 Å². The van der Waals surface area contributed by atoms with Crippen molar-refractivity contribution in [3.8, 4) is 5.75 Å². The highest BCUT2D eigenvalue weighted by atomic mass is 32.2. The number of carboxylic acids is 1. The molecule has 0 radical (unpaired) electrons. The van der Waals surface area contributed by atoms with Gasteiger partial charge in [0.15, 0.2) is 0 Å². The third-order valence-corrected chi connectivity index (χ3v) is 3.21. The normalized spacial score (nSPS) is 12.1. The summed E-state index contributed by atoms with van der Waals surface area (Å²) >= 11 is 1.41. The average molecular weight is 226 g/mol. The molecular weight excluding hydrogens is 212 g/mol. The first-order chi connectivity index (χ1) is 7.13. The molecule has 0 spiro atoms. The van der Waals surface area contributed by atoms with Crippen LogP contribution in [0.3, 0.4) is 0 Å². The van der Waals surface area contributed by atoms with Crippen LogP contribution in [0.1, 0.15) is 12.5 Å². The van der Waals surface area contributed by atoms with Gasteiger partial charge in [-0.2, -0.15) is 0 Å². The average Bonchev–Trinajstić information content (AvgIpc) is 2.26. The molecule has 0 heterocycles. The van der Waals surface area contributed by atoms with Crippen molar-refractivity contribution in [2.75, 3.05) is 7.11 Å². The second-order valence-electron chi connectivity index (χ2n) is 3.14. The molecule has 0 unspecified atom stereocenters.